The maximum absolute atomic E-state index is 13.7. The zero-order valence-corrected chi connectivity index (χ0v) is 23.9. The number of hydrogen-bond donors (Lipinski definition) is 7. The van der Waals surface area contributed by atoms with Gasteiger partial charge in [-0.2, -0.15) is 0 Å². The van der Waals surface area contributed by atoms with Crippen molar-refractivity contribution in [3.8, 4) is 28.4 Å². The molecule has 0 spiro atoms. The molecule has 0 aliphatic carbocycles. The second-order valence-corrected chi connectivity index (χ2v) is 10.2. The van der Waals surface area contributed by atoms with Gasteiger partial charge in [0.15, 0.2) is 0 Å². The summed E-state index contributed by atoms with van der Waals surface area (Å²) in [5.41, 5.74) is 8.97. The molecule has 214 valence electrons. The molecule has 0 radical (unpaired) electrons. The summed E-state index contributed by atoms with van der Waals surface area (Å²) in [4.78, 5) is 30.1. The molecule has 3 heterocycles. The number of nitrogens with two attached hydrogens (primary N) is 2. The zero-order chi connectivity index (χ0) is 30.3. The Labute approximate surface area is 256 Å². The molecule has 5 aromatic rings. The average molecular weight is 648 g/mol. The van der Waals surface area contributed by atoms with Crippen molar-refractivity contribution in [3.63, 3.8) is 0 Å². The van der Waals surface area contributed by atoms with Crippen LogP contribution in [0.15, 0.2) is 54.9 Å². The summed E-state index contributed by atoms with van der Waals surface area (Å²) < 4.78 is 1.13. The van der Waals surface area contributed by atoms with Gasteiger partial charge in [0.1, 0.15) is 38.2 Å². The number of phenolic OH excluding ortho intramolecular Hbond substituents is 2. The molecule has 9 N–H and O–H groups in total. The highest BCUT2D eigenvalue weighted by atomic mass is 35.5. The van der Waals surface area contributed by atoms with Crippen molar-refractivity contribution >= 4 is 63.7 Å². The lowest BCUT2D eigenvalue weighted by Crippen LogP contribution is -2.16. The Morgan fingerprint density at radius 2 is 1.67 bits per heavy atom. The third kappa shape index (κ3) is 5.06. The number of carbonyl (C=O) groups is 2. The molecule has 0 bridgehead atoms. The van der Waals surface area contributed by atoms with E-state index < -0.39 is 17.3 Å². The van der Waals surface area contributed by atoms with E-state index >= 15 is 0 Å². The molecule has 12 nitrogen and oxygen atoms in total. The number of phenols is 2. The first-order chi connectivity index (χ1) is 20.0. The van der Waals surface area contributed by atoms with Crippen molar-refractivity contribution < 1.29 is 19.8 Å². The molecule has 0 amide bonds. The number of nitrogens with zero attached hydrogens (tertiary/aromatic N) is 3. The highest BCUT2D eigenvalue weighted by molar-refractivity contribution is 6.45. The fourth-order valence-electron chi connectivity index (χ4n) is 4.23. The van der Waals surface area contributed by atoms with E-state index in [0.717, 1.165) is 4.57 Å². The van der Waals surface area contributed by atoms with Crippen LogP contribution in [-0.4, -0.2) is 46.7 Å². The molecule has 16 heteroatoms. The van der Waals surface area contributed by atoms with E-state index in [-0.39, 0.29) is 60.0 Å². The molecule has 0 saturated carbocycles. The SMILES string of the molecule is NN/C=C(\N)c1ccc(C(=O)c2[nH]c(Cl)c(Cl)c2-n2c(C(=O)c3ccc(-c4c[nH]nn4)cc3O)cc(Cl)c2Cl)c(O)c1. The average Bonchev–Trinajstić information content (AvgIpc) is 3.67. The number of hydrogen-bond acceptors (Lipinski definition) is 9. The van der Waals surface area contributed by atoms with Gasteiger partial charge in [0, 0.05) is 23.5 Å². The smallest absolute Gasteiger partial charge is 0.215 e. The lowest BCUT2D eigenvalue weighted by Gasteiger charge is -2.13. The quantitative estimate of drug-likeness (QED) is 0.0701. The lowest BCUT2D eigenvalue weighted by atomic mass is 10.0. The maximum atomic E-state index is 13.7. The second kappa shape index (κ2) is 11.4. The predicted molar refractivity (Wildman–Crippen MR) is 158 cm³/mol. The number of ketones is 2. The van der Waals surface area contributed by atoms with Gasteiger partial charge in [-0.15, -0.1) is 5.10 Å². The van der Waals surface area contributed by atoms with Crippen molar-refractivity contribution in [2.75, 3.05) is 0 Å². The van der Waals surface area contributed by atoms with Crippen molar-refractivity contribution in [2.24, 2.45) is 11.6 Å². The Bertz CT molecular complexity index is 1900. The minimum atomic E-state index is -0.749. The number of aromatic amines is 2. The van der Waals surface area contributed by atoms with Crippen molar-refractivity contribution in [1.29, 1.82) is 0 Å². The van der Waals surface area contributed by atoms with Crippen LogP contribution in [0.25, 0.3) is 22.6 Å². The minimum absolute atomic E-state index is 0.0477. The van der Waals surface area contributed by atoms with Crippen LogP contribution in [0.1, 0.15) is 37.7 Å². The van der Waals surface area contributed by atoms with Gasteiger partial charge in [0.05, 0.1) is 33.2 Å². The minimum Gasteiger partial charge on any atom is -0.507 e. The van der Waals surface area contributed by atoms with Crippen LogP contribution in [0, 0.1) is 0 Å². The first kappa shape index (κ1) is 29.0. The fourth-order valence-corrected chi connectivity index (χ4v) is 5.06. The molecule has 3 aromatic heterocycles. The third-order valence-electron chi connectivity index (χ3n) is 6.22. The van der Waals surface area contributed by atoms with Crippen molar-refractivity contribution in [3.05, 3.63) is 103 Å². The van der Waals surface area contributed by atoms with Gasteiger partial charge in [-0.1, -0.05) is 63.7 Å². The third-order valence-corrected chi connectivity index (χ3v) is 7.73. The van der Waals surface area contributed by atoms with Crippen LogP contribution in [0.4, 0.5) is 0 Å². The highest BCUT2D eigenvalue weighted by Gasteiger charge is 2.31. The summed E-state index contributed by atoms with van der Waals surface area (Å²) in [5.74, 6) is 3.02. The zero-order valence-electron chi connectivity index (χ0n) is 20.9. The first-order valence-electron chi connectivity index (χ1n) is 11.7. The summed E-state index contributed by atoms with van der Waals surface area (Å²) in [6.45, 7) is 0. The second-order valence-electron chi connectivity index (χ2n) is 8.73. The van der Waals surface area contributed by atoms with Crippen molar-refractivity contribution in [1.82, 2.24) is 30.4 Å². The largest absolute Gasteiger partial charge is 0.507 e. The normalized spacial score (nSPS) is 11.6. The summed E-state index contributed by atoms with van der Waals surface area (Å²) in [5, 5.41) is 30.9. The predicted octanol–water partition coefficient (Wildman–Crippen LogP) is 4.80. The standard InChI is InChI=1S/C26H18Cl4N8O4/c27-14-7-17(23(41)12-4-2-11(6-19(12)40)16-9-34-37-36-16)38(26(14)30)22-20(28)25(29)35-21(22)24(42)13-3-1-10(5-18(13)39)15(31)8-33-32/h1-9,33,35,39-40H,31-32H2,(H,34,36,37)/b15-8-. The number of rotatable bonds is 8. The first-order valence-corrected chi connectivity index (χ1v) is 13.2. The van der Waals surface area contributed by atoms with Crippen LogP contribution < -0.4 is 17.0 Å². The molecular formula is C26H18Cl4N8O4. The molecule has 0 unspecified atom stereocenters. The van der Waals surface area contributed by atoms with Gasteiger partial charge in [-0.05, 0) is 30.3 Å². The Balaban J connectivity index is 1.61. The topological polar surface area (TPSA) is 201 Å². The lowest BCUT2D eigenvalue weighted by molar-refractivity contribution is 0.101. The van der Waals surface area contributed by atoms with Gasteiger partial charge in [-0.25, -0.2) is 0 Å². The van der Waals surface area contributed by atoms with E-state index in [1.54, 1.807) is 6.07 Å². The van der Waals surface area contributed by atoms with Crippen LogP contribution in [-0.2, 0) is 0 Å². The number of halogens is 4. The summed E-state index contributed by atoms with van der Waals surface area (Å²) >= 11 is 25.6. The fraction of sp³-hybridized carbons (Fsp3) is 0. The molecule has 2 aromatic carbocycles. The molecule has 0 aliphatic heterocycles. The number of benzene rings is 2. The van der Waals surface area contributed by atoms with Gasteiger partial charge < -0.3 is 26.4 Å². The Hall–Kier alpha value is -4.46. The number of aromatic hydroxyl groups is 2. The molecule has 0 atom stereocenters. The summed E-state index contributed by atoms with van der Waals surface area (Å²) in [6, 6.07) is 9.64. The van der Waals surface area contributed by atoms with Crippen LogP contribution in [0.5, 0.6) is 11.5 Å². The van der Waals surface area contributed by atoms with Gasteiger partial charge in [0.2, 0.25) is 11.6 Å². The highest BCUT2D eigenvalue weighted by Crippen LogP contribution is 2.40. The number of hydrazine groups is 1. The number of nitrogens with one attached hydrogen (secondary N) is 3. The van der Waals surface area contributed by atoms with E-state index in [9.17, 15) is 19.8 Å². The van der Waals surface area contributed by atoms with E-state index in [1.165, 1.54) is 48.8 Å². The molecule has 0 aliphatic rings. The molecule has 0 fully saturated rings. The number of H-pyrrole nitrogens is 2. The Morgan fingerprint density at radius 1 is 0.976 bits per heavy atom. The maximum Gasteiger partial charge on any atom is 0.215 e. The summed E-state index contributed by atoms with van der Waals surface area (Å²) in [7, 11) is 0. The van der Waals surface area contributed by atoms with Crippen LogP contribution in [0.3, 0.4) is 0 Å². The van der Waals surface area contributed by atoms with Gasteiger partial charge in [-0.3, -0.25) is 25.1 Å². The molecule has 0 saturated heterocycles. The van der Waals surface area contributed by atoms with Gasteiger partial charge >= 0.3 is 0 Å². The van der Waals surface area contributed by atoms with E-state index in [1.807, 2.05) is 0 Å². The molecule has 42 heavy (non-hydrogen) atoms. The Kier molecular flexibility index (Phi) is 7.91. The Morgan fingerprint density at radius 3 is 2.31 bits per heavy atom. The van der Waals surface area contributed by atoms with E-state index in [4.69, 9.17) is 58.0 Å². The van der Waals surface area contributed by atoms with Crippen LogP contribution in [0.2, 0.25) is 20.4 Å². The number of aromatic nitrogens is 5. The van der Waals surface area contributed by atoms with Gasteiger partial charge in [0.25, 0.3) is 0 Å². The molecule has 5 rings (SSSR count). The monoisotopic (exact) mass is 646 g/mol. The van der Waals surface area contributed by atoms with E-state index in [2.05, 4.69) is 25.8 Å². The summed E-state index contributed by atoms with van der Waals surface area (Å²) in [6.07, 6.45) is 2.82. The number of carbonyl (C=O) groups excluding carboxylic acids is 2. The van der Waals surface area contributed by atoms with E-state index in [0.29, 0.717) is 16.8 Å². The van der Waals surface area contributed by atoms with Crippen molar-refractivity contribution in [2.45, 2.75) is 0 Å². The van der Waals surface area contributed by atoms with Crippen LogP contribution >= 0.6 is 46.4 Å². The molecular weight excluding hydrogens is 630 g/mol.